The molecule has 2 aromatic rings. The molecule has 0 atom stereocenters. The molecule has 0 saturated heterocycles. The molecule has 1 heterocycles. The number of nitrogens with one attached hydrogen (secondary N) is 2. The first-order valence-corrected chi connectivity index (χ1v) is 8.94. The highest BCUT2D eigenvalue weighted by atomic mass is 127. The molecule has 144 valence electrons. The second-order valence-corrected chi connectivity index (χ2v) is 6.15. The summed E-state index contributed by atoms with van der Waals surface area (Å²) in [6.07, 6.45) is 0. The van der Waals surface area contributed by atoms with Gasteiger partial charge in [-0.15, -0.1) is 35.3 Å². The van der Waals surface area contributed by atoms with Crippen molar-refractivity contribution in [1.29, 1.82) is 0 Å². The topological polar surface area (TPSA) is 64.1 Å². The summed E-state index contributed by atoms with van der Waals surface area (Å²) in [5.41, 5.74) is 1.01. The number of guanidine groups is 1. The first-order chi connectivity index (χ1) is 12.2. The lowest BCUT2D eigenvalue weighted by Gasteiger charge is -2.16. The van der Waals surface area contributed by atoms with Crippen LogP contribution in [0.25, 0.3) is 0 Å². The molecule has 2 N–H and O–H groups in total. The van der Waals surface area contributed by atoms with E-state index in [-0.39, 0.29) is 24.0 Å². The summed E-state index contributed by atoms with van der Waals surface area (Å²) in [7, 11) is 5.00. The van der Waals surface area contributed by atoms with Crippen molar-refractivity contribution in [3.63, 3.8) is 0 Å². The zero-order chi connectivity index (χ0) is 18.1. The standard InChI is InChI=1S/C18H25N3O3S.HI/c1-5-24-17-15(22-3)9-13(10-16(17)23-4)11-20-18(19-2)21-12-14-7-6-8-25-14;/h6-10H,5,11-12H2,1-4H3,(H2,19,20,21);1H. The molecule has 0 saturated carbocycles. The lowest BCUT2D eigenvalue weighted by molar-refractivity contribution is 0.288. The summed E-state index contributed by atoms with van der Waals surface area (Å²) < 4.78 is 16.5. The summed E-state index contributed by atoms with van der Waals surface area (Å²) in [5.74, 6) is 2.66. The first-order valence-electron chi connectivity index (χ1n) is 8.06. The van der Waals surface area contributed by atoms with Crippen LogP contribution >= 0.6 is 35.3 Å². The van der Waals surface area contributed by atoms with E-state index in [0.29, 0.717) is 30.4 Å². The third-order valence-electron chi connectivity index (χ3n) is 3.50. The van der Waals surface area contributed by atoms with E-state index in [0.717, 1.165) is 18.1 Å². The maximum Gasteiger partial charge on any atom is 0.203 e. The normalized spacial score (nSPS) is 10.7. The van der Waals surface area contributed by atoms with Crippen LogP contribution in [-0.2, 0) is 13.1 Å². The molecule has 0 aliphatic heterocycles. The van der Waals surface area contributed by atoms with Gasteiger partial charge in [0.25, 0.3) is 0 Å². The number of hydrogen-bond acceptors (Lipinski definition) is 5. The van der Waals surface area contributed by atoms with Crippen molar-refractivity contribution in [3.05, 3.63) is 40.1 Å². The fraction of sp³-hybridized carbons (Fsp3) is 0.389. The molecule has 1 aromatic heterocycles. The molecule has 0 spiro atoms. The van der Waals surface area contributed by atoms with Gasteiger partial charge in [-0.05, 0) is 36.1 Å². The van der Waals surface area contributed by atoms with E-state index in [4.69, 9.17) is 14.2 Å². The second kappa shape index (κ2) is 11.8. The maximum atomic E-state index is 5.63. The molecular weight excluding hydrogens is 465 g/mol. The Bertz CT molecular complexity index is 668. The van der Waals surface area contributed by atoms with Gasteiger partial charge in [0.2, 0.25) is 5.75 Å². The summed E-state index contributed by atoms with van der Waals surface area (Å²) in [4.78, 5) is 5.50. The van der Waals surface area contributed by atoms with Gasteiger partial charge in [0, 0.05) is 18.5 Å². The fourth-order valence-corrected chi connectivity index (χ4v) is 2.96. The van der Waals surface area contributed by atoms with Crippen molar-refractivity contribution in [2.45, 2.75) is 20.0 Å². The highest BCUT2D eigenvalue weighted by Crippen LogP contribution is 2.38. The minimum atomic E-state index is 0. The number of halogens is 1. The van der Waals surface area contributed by atoms with E-state index in [9.17, 15) is 0 Å². The molecule has 1 aromatic carbocycles. The van der Waals surface area contributed by atoms with Gasteiger partial charge in [-0.2, -0.15) is 0 Å². The lowest BCUT2D eigenvalue weighted by atomic mass is 10.2. The van der Waals surface area contributed by atoms with E-state index in [1.807, 2.05) is 25.1 Å². The Morgan fingerprint density at radius 1 is 1.12 bits per heavy atom. The van der Waals surface area contributed by atoms with Gasteiger partial charge < -0.3 is 24.8 Å². The minimum Gasteiger partial charge on any atom is -0.493 e. The molecule has 0 aliphatic carbocycles. The van der Waals surface area contributed by atoms with Gasteiger partial charge in [-0.25, -0.2) is 0 Å². The molecular formula is C18H26IN3O3S. The smallest absolute Gasteiger partial charge is 0.203 e. The SMILES string of the molecule is CCOc1c(OC)cc(CNC(=NC)NCc2cccs2)cc1OC.I. The summed E-state index contributed by atoms with van der Waals surface area (Å²) in [6, 6.07) is 8.00. The Morgan fingerprint density at radius 2 is 1.77 bits per heavy atom. The number of nitrogens with zero attached hydrogens (tertiary/aromatic N) is 1. The van der Waals surface area contributed by atoms with Crippen molar-refractivity contribution < 1.29 is 14.2 Å². The predicted octanol–water partition coefficient (Wildman–Crippen LogP) is 3.65. The molecule has 0 amide bonds. The largest absolute Gasteiger partial charge is 0.493 e. The molecule has 0 bridgehead atoms. The number of benzene rings is 1. The monoisotopic (exact) mass is 491 g/mol. The van der Waals surface area contributed by atoms with Crippen LogP contribution in [0.3, 0.4) is 0 Å². The molecule has 0 aliphatic rings. The van der Waals surface area contributed by atoms with Crippen LogP contribution in [0.5, 0.6) is 17.2 Å². The van der Waals surface area contributed by atoms with E-state index in [1.54, 1.807) is 32.6 Å². The van der Waals surface area contributed by atoms with E-state index in [2.05, 4.69) is 27.1 Å². The summed E-state index contributed by atoms with van der Waals surface area (Å²) in [5, 5.41) is 8.65. The van der Waals surface area contributed by atoms with E-state index < -0.39 is 0 Å². The molecule has 6 nitrogen and oxygen atoms in total. The van der Waals surface area contributed by atoms with Gasteiger partial charge in [0.1, 0.15) is 0 Å². The zero-order valence-corrected chi connectivity index (χ0v) is 18.6. The Labute approximate surface area is 176 Å². The first kappa shape index (κ1) is 22.4. The van der Waals surface area contributed by atoms with Crippen molar-refractivity contribution in [2.75, 3.05) is 27.9 Å². The number of thiophene rings is 1. The Morgan fingerprint density at radius 3 is 2.27 bits per heavy atom. The van der Waals surface area contributed by atoms with Crippen LogP contribution in [0, 0.1) is 0 Å². The van der Waals surface area contributed by atoms with Crippen molar-refractivity contribution in [1.82, 2.24) is 10.6 Å². The fourth-order valence-electron chi connectivity index (χ4n) is 2.31. The highest BCUT2D eigenvalue weighted by molar-refractivity contribution is 14.0. The minimum absolute atomic E-state index is 0. The highest BCUT2D eigenvalue weighted by Gasteiger charge is 2.14. The third kappa shape index (κ3) is 6.24. The zero-order valence-electron chi connectivity index (χ0n) is 15.5. The summed E-state index contributed by atoms with van der Waals surface area (Å²) in [6.45, 7) is 3.80. The third-order valence-corrected chi connectivity index (χ3v) is 4.38. The van der Waals surface area contributed by atoms with Crippen LogP contribution in [-0.4, -0.2) is 33.8 Å². The Kier molecular flexibility index (Phi) is 10.2. The number of methoxy groups -OCH3 is 2. The summed E-state index contributed by atoms with van der Waals surface area (Å²) >= 11 is 1.71. The van der Waals surface area contributed by atoms with E-state index in [1.165, 1.54) is 4.88 Å². The quantitative estimate of drug-likeness (QED) is 0.336. The van der Waals surface area contributed by atoms with E-state index >= 15 is 0 Å². The number of ether oxygens (including phenoxy) is 3. The van der Waals surface area contributed by atoms with Crippen LogP contribution < -0.4 is 24.8 Å². The predicted molar refractivity (Wildman–Crippen MR) is 117 cm³/mol. The average Bonchev–Trinajstić information content (AvgIpc) is 3.16. The van der Waals surface area contributed by atoms with Crippen molar-refractivity contribution in [3.8, 4) is 17.2 Å². The molecule has 2 rings (SSSR count). The maximum absolute atomic E-state index is 5.63. The lowest BCUT2D eigenvalue weighted by Crippen LogP contribution is -2.36. The number of hydrogen-bond donors (Lipinski definition) is 2. The van der Waals surface area contributed by atoms with Crippen LogP contribution in [0.4, 0.5) is 0 Å². The van der Waals surface area contributed by atoms with Gasteiger partial charge in [0.05, 0.1) is 27.4 Å². The average molecular weight is 491 g/mol. The van der Waals surface area contributed by atoms with Gasteiger partial charge in [0.15, 0.2) is 17.5 Å². The second-order valence-electron chi connectivity index (χ2n) is 5.12. The van der Waals surface area contributed by atoms with Crippen molar-refractivity contribution >= 4 is 41.3 Å². The number of rotatable bonds is 8. The molecule has 0 radical (unpaired) electrons. The van der Waals surface area contributed by atoms with Crippen molar-refractivity contribution in [2.24, 2.45) is 4.99 Å². The number of aliphatic imine (C=N–C) groups is 1. The van der Waals surface area contributed by atoms with Gasteiger partial charge in [-0.3, -0.25) is 4.99 Å². The molecule has 26 heavy (non-hydrogen) atoms. The van der Waals surface area contributed by atoms with Crippen LogP contribution in [0.2, 0.25) is 0 Å². The van der Waals surface area contributed by atoms with Crippen LogP contribution in [0.15, 0.2) is 34.6 Å². The van der Waals surface area contributed by atoms with Gasteiger partial charge >= 0.3 is 0 Å². The molecule has 0 fully saturated rings. The van der Waals surface area contributed by atoms with Crippen LogP contribution in [0.1, 0.15) is 17.4 Å². The van der Waals surface area contributed by atoms with Gasteiger partial charge in [-0.1, -0.05) is 6.07 Å². The Hall–Kier alpha value is -1.68. The molecule has 8 heteroatoms. The Balaban J connectivity index is 0.00000338. The molecule has 0 unspecified atom stereocenters.